The Kier molecular flexibility index (Phi) is 41.3. The van der Waals surface area contributed by atoms with E-state index in [1.165, 1.54) is 57.8 Å². The van der Waals surface area contributed by atoms with Gasteiger partial charge in [-0.05, 0) is 74.5 Å². The Bertz CT molecular complexity index is 764. The van der Waals surface area contributed by atoms with Gasteiger partial charge in [0.05, 0.1) is 17.9 Å². The molecule has 0 fully saturated rings. The van der Waals surface area contributed by atoms with E-state index in [0.717, 1.165) is 19.3 Å². The molecule has 0 spiro atoms. The minimum absolute atomic E-state index is 0. The molecule has 0 bridgehead atoms. The van der Waals surface area contributed by atoms with E-state index < -0.39 is 17.9 Å². The first-order valence-electron chi connectivity index (χ1n) is 15.9. The fraction of sp³-hybridized carbons (Fsp3) is 0.583. The molecule has 1 radical (unpaired) electrons. The Morgan fingerprint density at radius 1 is 0.442 bits per heavy atom. The molecule has 6 nitrogen and oxygen atoms in total. The van der Waals surface area contributed by atoms with Crippen LogP contribution in [0.4, 0.5) is 0 Å². The van der Waals surface area contributed by atoms with Crippen molar-refractivity contribution in [3.05, 3.63) is 71.4 Å². The quantitative estimate of drug-likeness (QED) is 0.0579. The van der Waals surface area contributed by atoms with Crippen molar-refractivity contribution < 1.29 is 49.2 Å². The van der Waals surface area contributed by atoms with Crippen LogP contribution in [0.5, 0.6) is 0 Å². The summed E-state index contributed by atoms with van der Waals surface area (Å²) in [5.41, 5.74) is 1.07. The van der Waals surface area contributed by atoms with Crippen molar-refractivity contribution in [2.24, 2.45) is 0 Å². The number of hydrogen-bond acceptors (Lipinski definition) is 6. The Labute approximate surface area is 275 Å². The maximum absolute atomic E-state index is 10.5. The van der Waals surface area contributed by atoms with Crippen molar-refractivity contribution in [1.82, 2.24) is 0 Å². The average Bonchev–Trinajstić information content (AvgIpc) is 2.96. The van der Waals surface area contributed by atoms with Gasteiger partial charge < -0.3 is 29.7 Å². The van der Waals surface area contributed by atoms with Gasteiger partial charge in [-0.2, -0.15) is 0 Å². The van der Waals surface area contributed by atoms with Gasteiger partial charge in [-0.3, -0.25) is 0 Å². The maximum Gasteiger partial charge on any atom is 3.00 e. The SMILES string of the molecule is CCCCCC=CC=C(CC)C(=O)[O-].CCCCCC=CC=C(CC)C(=O)[O-].CCCCCC=CC=C(CC)C(=O)[O-].[Ru+3]. The fourth-order valence-corrected chi connectivity index (χ4v) is 3.37. The minimum atomic E-state index is -1.06. The molecule has 0 aromatic rings. The van der Waals surface area contributed by atoms with Crippen molar-refractivity contribution >= 4 is 17.9 Å². The summed E-state index contributed by atoms with van der Waals surface area (Å²) in [6.07, 6.45) is 31.8. The molecular weight excluding hydrogens is 629 g/mol. The molecule has 0 aliphatic rings. The third-order valence-corrected chi connectivity index (χ3v) is 6.15. The Morgan fingerprint density at radius 3 is 0.837 bits per heavy atom. The summed E-state index contributed by atoms with van der Waals surface area (Å²) in [5, 5.41) is 31.5. The molecule has 0 unspecified atom stereocenters. The molecule has 0 aromatic heterocycles. The first kappa shape index (κ1) is 47.4. The summed E-state index contributed by atoms with van der Waals surface area (Å²) in [5.74, 6) is -3.19. The van der Waals surface area contributed by atoms with E-state index in [1.54, 1.807) is 18.2 Å². The Morgan fingerprint density at radius 2 is 0.674 bits per heavy atom. The zero-order chi connectivity index (χ0) is 32.4. The number of carbonyl (C=O) groups excluding carboxylic acids is 3. The van der Waals surface area contributed by atoms with Crippen LogP contribution >= 0.6 is 0 Å². The second kappa shape index (κ2) is 37.5. The second-order valence-electron chi connectivity index (χ2n) is 9.77. The van der Waals surface area contributed by atoms with Gasteiger partial charge in [0.15, 0.2) is 0 Å². The summed E-state index contributed by atoms with van der Waals surface area (Å²) in [6.45, 7) is 11.9. The van der Waals surface area contributed by atoms with Crippen LogP contribution < -0.4 is 15.3 Å². The Balaban J connectivity index is -0.000000262. The number of carboxylic acid groups (broad SMARTS) is 3. The number of allylic oxidation sites excluding steroid dienone is 9. The molecule has 0 aliphatic heterocycles. The molecule has 0 atom stereocenters. The van der Waals surface area contributed by atoms with Gasteiger partial charge in [-0.1, -0.05) is 135 Å². The molecule has 0 aromatic carbocycles. The molecule has 43 heavy (non-hydrogen) atoms. The van der Waals surface area contributed by atoms with E-state index in [0.29, 0.717) is 36.0 Å². The van der Waals surface area contributed by atoms with Crippen LogP contribution in [0.15, 0.2) is 71.4 Å². The molecule has 0 amide bonds. The van der Waals surface area contributed by atoms with Gasteiger partial charge in [0.2, 0.25) is 0 Å². The summed E-state index contributed by atoms with van der Waals surface area (Å²) < 4.78 is 0. The molecule has 0 rings (SSSR count). The van der Waals surface area contributed by atoms with Gasteiger partial charge in [0, 0.05) is 0 Å². The van der Waals surface area contributed by atoms with Crippen LogP contribution in [0.1, 0.15) is 138 Å². The molecule has 0 aliphatic carbocycles. The smallest absolute Gasteiger partial charge is 0.545 e. The summed E-state index contributed by atoms with van der Waals surface area (Å²) in [7, 11) is 0. The van der Waals surface area contributed by atoms with Gasteiger partial charge in [0.25, 0.3) is 0 Å². The molecule has 7 heteroatoms. The predicted molar refractivity (Wildman–Crippen MR) is 170 cm³/mol. The first-order valence-corrected chi connectivity index (χ1v) is 15.9. The monoisotopic (exact) mass is 687 g/mol. The van der Waals surface area contributed by atoms with Gasteiger partial charge in [-0.25, -0.2) is 0 Å². The number of carbonyl (C=O) groups is 3. The van der Waals surface area contributed by atoms with Crippen LogP contribution in [0.3, 0.4) is 0 Å². The minimum Gasteiger partial charge on any atom is -0.545 e. The first-order chi connectivity index (χ1) is 20.2. The third kappa shape index (κ3) is 35.6. The van der Waals surface area contributed by atoms with Crippen LogP contribution in [0, 0.1) is 0 Å². The summed E-state index contributed by atoms with van der Waals surface area (Å²) in [6, 6.07) is 0. The fourth-order valence-electron chi connectivity index (χ4n) is 3.37. The van der Waals surface area contributed by atoms with Crippen molar-refractivity contribution in [1.29, 1.82) is 0 Å². The Hall–Kier alpha value is -2.53. The third-order valence-electron chi connectivity index (χ3n) is 6.15. The number of rotatable bonds is 21. The number of carboxylic acids is 3. The molecule has 0 saturated heterocycles. The van der Waals surface area contributed by atoms with E-state index in [-0.39, 0.29) is 19.5 Å². The van der Waals surface area contributed by atoms with E-state index in [4.69, 9.17) is 0 Å². The van der Waals surface area contributed by atoms with Crippen LogP contribution in [0.2, 0.25) is 0 Å². The van der Waals surface area contributed by atoms with E-state index in [9.17, 15) is 29.7 Å². The zero-order valence-corrected chi connectivity index (χ0v) is 29.3. The van der Waals surface area contributed by atoms with Crippen LogP contribution in [0.25, 0.3) is 0 Å². The van der Waals surface area contributed by atoms with Gasteiger partial charge in [-0.15, -0.1) is 0 Å². The van der Waals surface area contributed by atoms with Crippen molar-refractivity contribution in [3.8, 4) is 0 Å². The summed E-state index contributed by atoms with van der Waals surface area (Å²) in [4.78, 5) is 31.5. The summed E-state index contributed by atoms with van der Waals surface area (Å²) >= 11 is 0. The van der Waals surface area contributed by atoms with Crippen molar-refractivity contribution in [3.63, 3.8) is 0 Å². The number of hydrogen-bond donors (Lipinski definition) is 0. The standard InChI is InChI=1S/3C12H20O2.Ru/c3*1-3-5-6-7-8-9-10-11(4-2)12(13)14;/h3*8-10H,3-7H2,1-2H3,(H,13,14);/q;;;+3/p-3. The predicted octanol–water partition coefficient (Wildman–Crippen LogP) is 6.63. The molecule has 0 N–H and O–H groups in total. The molecule has 0 heterocycles. The van der Waals surface area contributed by atoms with Gasteiger partial charge >= 0.3 is 19.5 Å². The van der Waals surface area contributed by atoms with Crippen LogP contribution in [-0.2, 0) is 33.9 Å². The molecule has 0 saturated carbocycles. The molecular formula is C36H57O6Ru. The van der Waals surface area contributed by atoms with E-state index >= 15 is 0 Å². The normalized spacial score (nSPS) is 12.0. The van der Waals surface area contributed by atoms with E-state index in [2.05, 4.69) is 20.8 Å². The number of aliphatic carboxylic acids is 3. The largest absolute Gasteiger partial charge is 3.00 e. The topological polar surface area (TPSA) is 120 Å². The molecule has 245 valence electrons. The van der Waals surface area contributed by atoms with Crippen LogP contribution in [-0.4, -0.2) is 17.9 Å². The van der Waals surface area contributed by atoms with Crippen molar-refractivity contribution in [2.45, 2.75) is 138 Å². The second-order valence-corrected chi connectivity index (χ2v) is 9.77. The number of unbranched alkanes of at least 4 members (excludes halogenated alkanes) is 9. The zero-order valence-electron chi connectivity index (χ0n) is 27.6. The van der Waals surface area contributed by atoms with Gasteiger partial charge in [0.1, 0.15) is 0 Å². The average molecular weight is 687 g/mol. The maximum atomic E-state index is 10.5. The van der Waals surface area contributed by atoms with Crippen molar-refractivity contribution in [2.75, 3.05) is 0 Å². The van der Waals surface area contributed by atoms with E-state index in [1.807, 2.05) is 57.2 Å².